The van der Waals surface area contributed by atoms with E-state index in [1.807, 2.05) is 0 Å². The van der Waals surface area contributed by atoms with E-state index in [1.165, 1.54) is 44.9 Å². The first-order chi connectivity index (χ1) is 7.42. The molecule has 0 aromatic rings. The first-order valence-electron chi connectivity index (χ1n) is 6.45. The molecule has 2 rings (SSSR count). The van der Waals surface area contributed by atoms with Crippen molar-refractivity contribution in [2.45, 2.75) is 51.0 Å². The highest BCUT2D eigenvalue weighted by Crippen LogP contribution is 2.32. The van der Waals surface area contributed by atoms with E-state index in [1.54, 1.807) is 0 Å². The molecule has 1 atom stereocenters. The standard InChI is InChI=1S/C12H24N2O/c13-14-12(10-4-2-1-3-5-10)11-6-8-15-9-7-11/h10-12,14H,1-9,13H2. The molecule has 3 nitrogen and oxygen atoms in total. The smallest absolute Gasteiger partial charge is 0.0469 e. The molecule has 1 aliphatic heterocycles. The summed E-state index contributed by atoms with van der Waals surface area (Å²) in [6.45, 7) is 1.85. The molecular weight excluding hydrogens is 188 g/mol. The van der Waals surface area contributed by atoms with Gasteiger partial charge in [0.15, 0.2) is 0 Å². The fourth-order valence-electron chi connectivity index (χ4n) is 3.23. The van der Waals surface area contributed by atoms with E-state index >= 15 is 0 Å². The number of ether oxygens (including phenoxy) is 1. The Kier molecular flexibility index (Phi) is 4.42. The van der Waals surface area contributed by atoms with Crippen molar-refractivity contribution in [3.63, 3.8) is 0 Å². The van der Waals surface area contributed by atoms with Crippen LogP contribution in [0.2, 0.25) is 0 Å². The van der Waals surface area contributed by atoms with E-state index < -0.39 is 0 Å². The van der Waals surface area contributed by atoms with Gasteiger partial charge in [-0.2, -0.15) is 0 Å². The Hall–Kier alpha value is -0.120. The van der Waals surface area contributed by atoms with Gasteiger partial charge in [0.2, 0.25) is 0 Å². The van der Waals surface area contributed by atoms with Gasteiger partial charge < -0.3 is 4.74 Å². The van der Waals surface area contributed by atoms with Crippen LogP contribution in [0.3, 0.4) is 0 Å². The first kappa shape index (κ1) is 11.4. The van der Waals surface area contributed by atoms with Gasteiger partial charge in [0.1, 0.15) is 0 Å². The second kappa shape index (κ2) is 5.83. The second-order valence-electron chi connectivity index (χ2n) is 5.04. The Morgan fingerprint density at radius 1 is 0.933 bits per heavy atom. The number of hydrogen-bond donors (Lipinski definition) is 2. The quantitative estimate of drug-likeness (QED) is 0.554. The molecule has 2 aliphatic rings. The van der Waals surface area contributed by atoms with Gasteiger partial charge in [0.25, 0.3) is 0 Å². The molecular formula is C12H24N2O. The molecule has 0 spiro atoms. The molecule has 0 amide bonds. The van der Waals surface area contributed by atoms with Gasteiger partial charge in [-0.05, 0) is 37.5 Å². The Balaban J connectivity index is 1.88. The molecule has 1 unspecified atom stereocenters. The fraction of sp³-hybridized carbons (Fsp3) is 1.00. The zero-order valence-electron chi connectivity index (χ0n) is 9.58. The van der Waals surface area contributed by atoms with Crippen LogP contribution in [0.5, 0.6) is 0 Å². The van der Waals surface area contributed by atoms with E-state index in [2.05, 4.69) is 5.43 Å². The number of rotatable bonds is 3. The molecule has 1 heterocycles. The number of hydrogen-bond acceptors (Lipinski definition) is 3. The van der Waals surface area contributed by atoms with Crippen molar-refractivity contribution in [2.75, 3.05) is 13.2 Å². The van der Waals surface area contributed by atoms with Crippen molar-refractivity contribution in [1.82, 2.24) is 5.43 Å². The highest BCUT2D eigenvalue weighted by atomic mass is 16.5. The van der Waals surface area contributed by atoms with Gasteiger partial charge in [-0.3, -0.25) is 11.3 Å². The molecule has 0 radical (unpaired) electrons. The highest BCUT2D eigenvalue weighted by Gasteiger charge is 2.30. The van der Waals surface area contributed by atoms with Crippen molar-refractivity contribution in [1.29, 1.82) is 0 Å². The maximum atomic E-state index is 5.74. The number of nitrogens with two attached hydrogens (primary N) is 1. The van der Waals surface area contributed by atoms with Crippen LogP contribution in [0.15, 0.2) is 0 Å². The molecule has 1 saturated carbocycles. The summed E-state index contributed by atoms with van der Waals surface area (Å²) in [5, 5.41) is 0. The van der Waals surface area contributed by atoms with Crippen LogP contribution in [-0.4, -0.2) is 19.3 Å². The molecule has 1 saturated heterocycles. The minimum Gasteiger partial charge on any atom is -0.381 e. The molecule has 0 bridgehead atoms. The average Bonchev–Trinajstić information content (AvgIpc) is 2.33. The highest BCUT2D eigenvalue weighted by molar-refractivity contribution is 4.84. The van der Waals surface area contributed by atoms with E-state index in [0.717, 1.165) is 25.0 Å². The molecule has 88 valence electrons. The van der Waals surface area contributed by atoms with Crippen molar-refractivity contribution >= 4 is 0 Å². The zero-order chi connectivity index (χ0) is 10.5. The summed E-state index contributed by atoms with van der Waals surface area (Å²) >= 11 is 0. The summed E-state index contributed by atoms with van der Waals surface area (Å²) < 4.78 is 5.41. The van der Waals surface area contributed by atoms with Gasteiger partial charge in [-0.1, -0.05) is 19.3 Å². The first-order valence-corrected chi connectivity index (χ1v) is 6.45. The topological polar surface area (TPSA) is 47.3 Å². The monoisotopic (exact) mass is 212 g/mol. The van der Waals surface area contributed by atoms with Gasteiger partial charge >= 0.3 is 0 Å². The largest absolute Gasteiger partial charge is 0.381 e. The molecule has 3 heteroatoms. The van der Waals surface area contributed by atoms with E-state index in [9.17, 15) is 0 Å². The lowest BCUT2D eigenvalue weighted by molar-refractivity contribution is 0.0405. The van der Waals surface area contributed by atoms with Gasteiger partial charge in [-0.25, -0.2) is 0 Å². The molecule has 2 fully saturated rings. The normalized spacial score (nSPS) is 27.8. The fourth-order valence-corrected chi connectivity index (χ4v) is 3.23. The molecule has 15 heavy (non-hydrogen) atoms. The molecule has 1 aliphatic carbocycles. The Bertz CT molecular complexity index is 156. The maximum absolute atomic E-state index is 5.74. The summed E-state index contributed by atoms with van der Waals surface area (Å²) in [5.74, 6) is 7.30. The van der Waals surface area contributed by atoms with Crippen LogP contribution < -0.4 is 11.3 Å². The molecule has 0 aromatic carbocycles. The van der Waals surface area contributed by atoms with E-state index in [-0.39, 0.29) is 0 Å². The predicted molar refractivity (Wildman–Crippen MR) is 61.2 cm³/mol. The summed E-state index contributed by atoms with van der Waals surface area (Å²) in [5.41, 5.74) is 3.09. The van der Waals surface area contributed by atoms with E-state index in [0.29, 0.717) is 6.04 Å². The third-order valence-electron chi connectivity index (χ3n) is 4.12. The lowest BCUT2D eigenvalue weighted by atomic mass is 9.76. The number of hydrazine groups is 1. The Labute approximate surface area is 92.7 Å². The molecule has 3 N–H and O–H groups in total. The molecule has 0 aromatic heterocycles. The minimum atomic E-state index is 0.536. The van der Waals surface area contributed by atoms with Crippen molar-refractivity contribution in [2.24, 2.45) is 17.7 Å². The lowest BCUT2D eigenvalue weighted by Crippen LogP contribution is -2.48. The summed E-state index contributed by atoms with van der Waals surface area (Å²) in [6, 6.07) is 0.536. The van der Waals surface area contributed by atoms with Gasteiger partial charge in [-0.15, -0.1) is 0 Å². The average molecular weight is 212 g/mol. The predicted octanol–water partition coefficient (Wildman–Crippen LogP) is 1.83. The van der Waals surface area contributed by atoms with Crippen LogP contribution in [-0.2, 0) is 4.74 Å². The SMILES string of the molecule is NNC(C1CCCCC1)C1CCOCC1. The van der Waals surface area contributed by atoms with Crippen LogP contribution >= 0.6 is 0 Å². The van der Waals surface area contributed by atoms with Crippen LogP contribution in [0.4, 0.5) is 0 Å². The maximum Gasteiger partial charge on any atom is 0.0469 e. The second-order valence-corrected chi connectivity index (χ2v) is 5.04. The van der Waals surface area contributed by atoms with Crippen molar-refractivity contribution < 1.29 is 4.74 Å². The van der Waals surface area contributed by atoms with Crippen LogP contribution in [0.1, 0.15) is 44.9 Å². The summed E-state index contributed by atoms with van der Waals surface area (Å²) in [6.07, 6.45) is 9.31. The summed E-state index contributed by atoms with van der Waals surface area (Å²) in [4.78, 5) is 0. The third-order valence-corrected chi connectivity index (χ3v) is 4.12. The van der Waals surface area contributed by atoms with Crippen molar-refractivity contribution in [3.05, 3.63) is 0 Å². The van der Waals surface area contributed by atoms with Crippen molar-refractivity contribution in [3.8, 4) is 0 Å². The Morgan fingerprint density at radius 2 is 1.53 bits per heavy atom. The minimum absolute atomic E-state index is 0.536. The summed E-state index contributed by atoms with van der Waals surface area (Å²) in [7, 11) is 0. The Morgan fingerprint density at radius 3 is 2.13 bits per heavy atom. The van der Waals surface area contributed by atoms with Gasteiger partial charge in [0.05, 0.1) is 0 Å². The van der Waals surface area contributed by atoms with Crippen LogP contribution in [0.25, 0.3) is 0 Å². The van der Waals surface area contributed by atoms with Gasteiger partial charge in [0, 0.05) is 19.3 Å². The van der Waals surface area contributed by atoms with Crippen LogP contribution in [0, 0.1) is 11.8 Å². The lowest BCUT2D eigenvalue weighted by Gasteiger charge is -2.37. The van der Waals surface area contributed by atoms with E-state index in [4.69, 9.17) is 10.6 Å². The third kappa shape index (κ3) is 2.92. The number of nitrogens with one attached hydrogen (secondary N) is 1. The zero-order valence-corrected chi connectivity index (χ0v) is 9.58.